The number of rotatable bonds is 5. The Bertz CT molecular complexity index is 424. The van der Waals surface area contributed by atoms with Crippen LogP contribution < -0.4 is 5.32 Å². The molecule has 0 spiro atoms. The molecule has 0 radical (unpaired) electrons. The first-order valence-electron chi connectivity index (χ1n) is 6.26. The lowest BCUT2D eigenvalue weighted by Crippen LogP contribution is -2.38. The molecule has 1 rings (SSSR count). The van der Waals surface area contributed by atoms with Gasteiger partial charge >= 0.3 is 6.18 Å². The molecular weight excluding hydrogens is 258 g/mol. The van der Waals surface area contributed by atoms with Crippen LogP contribution in [0.4, 0.5) is 17.6 Å². The lowest BCUT2D eigenvalue weighted by Gasteiger charge is -2.26. The zero-order valence-corrected chi connectivity index (χ0v) is 11.4. The fraction of sp³-hybridized carbons (Fsp3) is 0.571. The van der Waals surface area contributed by atoms with Gasteiger partial charge in [0.2, 0.25) is 0 Å². The van der Waals surface area contributed by atoms with Crippen LogP contribution in [0.25, 0.3) is 0 Å². The number of hydrogen-bond acceptors (Lipinski definition) is 1. The summed E-state index contributed by atoms with van der Waals surface area (Å²) in [5.41, 5.74) is -0.931. The monoisotopic (exact) mass is 277 g/mol. The van der Waals surface area contributed by atoms with E-state index in [1.54, 1.807) is 0 Å². The van der Waals surface area contributed by atoms with E-state index in [0.29, 0.717) is 5.56 Å². The van der Waals surface area contributed by atoms with E-state index in [2.05, 4.69) is 5.32 Å². The van der Waals surface area contributed by atoms with Gasteiger partial charge in [-0.15, -0.1) is 0 Å². The number of benzene rings is 1. The van der Waals surface area contributed by atoms with Crippen molar-refractivity contribution in [1.29, 1.82) is 0 Å². The summed E-state index contributed by atoms with van der Waals surface area (Å²) in [5, 5.41) is 3.18. The molecule has 0 saturated heterocycles. The molecule has 0 bridgehead atoms. The second-order valence-corrected chi connectivity index (χ2v) is 5.30. The molecule has 0 aliphatic carbocycles. The third-order valence-corrected chi connectivity index (χ3v) is 2.98. The third kappa shape index (κ3) is 4.82. The fourth-order valence-corrected chi connectivity index (χ4v) is 1.95. The van der Waals surface area contributed by atoms with E-state index in [0.717, 1.165) is 25.0 Å². The summed E-state index contributed by atoms with van der Waals surface area (Å²) in [6.45, 7) is 6.31. The summed E-state index contributed by atoms with van der Waals surface area (Å²) < 4.78 is 50.8. The van der Waals surface area contributed by atoms with Crippen molar-refractivity contribution in [2.24, 2.45) is 0 Å². The molecule has 0 saturated carbocycles. The first-order valence-corrected chi connectivity index (χ1v) is 6.26. The predicted octanol–water partition coefficient (Wildman–Crippen LogP) is 4.51. The van der Waals surface area contributed by atoms with Crippen LogP contribution in [-0.2, 0) is 12.7 Å². The Kier molecular flexibility index (Phi) is 4.96. The summed E-state index contributed by atoms with van der Waals surface area (Å²) in [5.74, 6) is -1.23. The molecule has 0 amide bonds. The Balaban J connectivity index is 2.81. The van der Waals surface area contributed by atoms with Crippen molar-refractivity contribution < 1.29 is 17.6 Å². The van der Waals surface area contributed by atoms with E-state index in [4.69, 9.17) is 0 Å². The van der Waals surface area contributed by atoms with Crippen LogP contribution in [0, 0.1) is 5.82 Å². The average Bonchev–Trinajstić information content (AvgIpc) is 2.26. The Morgan fingerprint density at radius 1 is 1.16 bits per heavy atom. The quantitative estimate of drug-likeness (QED) is 0.781. The molecule has 0 unspecified atom stereocenters. The maximum Gasteiger partial charge on any atom is 0.419 e. The minimum absolute atomic E-state index is 0.151. The van der Waals surface area contributed by atoms with Gasteiger partial charge in [0.05, 0.1) is 5.56 Å². The van der Waals surface area contributed by atoms with Gasteiger partial charge in [-0.25, -0.2) is 4.39 Å². The highest BCUT2D eigenvalue weighted by atomic mass is 19.4. The first kappa shape index (κ1) is 16.0. The van der Waals surface area contributed by atoms with Gasteiger partial charge in [-0.2, -0.15) is 13.2 Å². The molecular formula is C14H19F4N. The van der Waals surface area contributed by atoms with E-state index >= 15 is 0 Å². The standard InChI is InChI=1S/C14H19F4N/c1-4-7-13(2,3)19-9-10-5-6-12(15)11(8-10)14(16,17)18/h5-6,8,19H,4,7,9H2,1-3H3. The summed E-state index contributed by atoms with van der Waals surface area (Å²) in [6, 6.07) is 3.11. The molecule has 1 N–H and O–H groups in total. The highest BCUT2D eigenvalue weighted by molar-refractivity contribution is 5.27. The van der Waals surface area contributed by atoms with Gasteiger partial charge in [-0.05, 0) is 38.0 Å². The van der Waals surface area contributed by atoms with Crippen LogP contribution in [0.2, 0.25) is 0 Å². The largest absolute Gasteiger partial charge is 0.419 e. The number of alkyl halides is 3. The highest BCUT2D eigenvalue weighted by Crippen LogP contribution is 2.32. The number of hydrogen-bond donors (Lipinski definition) is 1. The maximum atomic E-state index is 13.1. The predicted molar refractivity (Wildman–Crippen MR) is 67.2 cm³/mol. The molecule has 0 atom stereocenters. The summed E-state index contributed by atoms with van der Waals surface area (Å²) in [7, 11) is 0. The minimum atomic E-state index is -4.65. The molecule has 0 aromatic heterocycles. The molecule has 1 aromatic rings. The first-order chi connectivity index (χ1) is 8.65. The van der Waals surface area contributed by atoms with E-state index < -0.39 is 17.6 Å². The zero-order valence-electron chi connectivity index (χ0n) is 11.4. The van der Waals surface area contributed by atoms with Gasteiger partial charge in [0.15, 0.2) is 0 Å². The summed E-state index contributed by atoms with van der Waals surface area (Å²) >= 11 is 0. The lowest BCUT2D eigenvalue weighted by molar-refractivity contribution is -0.140. The van der Waals surface area contributed by atoms with Crippen LogP contribution in [0.1, 0.15) is 44.7 Å². The smallest absolute Gasteiger partial charge is 0.308 e. The summed E-state index contributed by atoms with van der Waals surface area (Å²) in [4.78, 5) is 0. The summed E-state index contributed by atoms with van der Waals surface area (Å²) in [6.07, 6.45) is -2.75. The molecule has 0 aliphatic rings. The molecule has 1 nitrogen and oxygen atoms in total. The van der Waals surface area contributed by atoms with Crippen molar-refractivity contribution in [2.75, 3.05) is 0 Å². The van der Waals surface area contributed by atoms with Crippen LogP contribution in [-0.4, -0.2) is 5.54 Å². The van der Waals surface area contributed by atoms with Crippen molar-refractivity contribution in [2.45, 2.75) is 51.9 Å². The van der Waals surface area contributed by atoms with Gasteiger partial charge < -0.3 is 5.32 Å². The van der Waals surface area contributed by atoms with Gasteiger partial charge in [0, 0.05) is 12.1 Å². The van der Waals surface area contributed by atoms with Gasteiger partial charge in [0.25, 0.3) is 0 Å². The van der Waals surface area contributed by atoms with E-state index in [-0.39, 0.29) is 12.1 Å². The average molecular weight is 277 g/mol. The van der Waals surface area contributed by atoms with Crippen molar-refractivity contribution in [3.05, 3.63) is 35.1 Å². The third-order valence-electron chi connectivity index (χ3n) is 2.98. The normalized spacial score (nSPS) is 12.8. The fourth-order valence-electron chi connectivity index (χ4n) is 1.95. The molecule has 5 heteroatoms. The Morgan fingerprint density at radius 2 is 1.79 bits per heavy atom. The number of halogens is 4. The Hall–Kier alpha value is -1.10. The van der Waals surface area contributed by atoms with Crippen LogP contribution in [0.3, 0.4) is 0 Å². The minimum Gasteiger partial charge on any atom is -0.308 e. The van der Waals surface area contributed by atoms with Crippen LogP contribution in [0.5, 0.6) is 0 Å². The van der Waals surface area contributed by atoms with Crippen molar-refractivity contribution in [3.8, 4) is 0 Å². The zero-order chi connectivity index (χ0) is 14.7. The van der Waals surface area contributed by atoms with E-state index in [9.17, 15) is 17.6 Å². The number of nitrogens with one attached hydrogen (secondary N) is 1. The second-order valence-electron chi connectivity index (χ2n) is 5.30. The SMILES string of the molecule is CCCC(C)(C)NCc1ccc(F)c(C(F)(F)F)c1. The Labute approximate surface area is 111 Å². The van der Waals surface area contributed by atoms with E-state index in [1.807, 2.05) is 20.8 Å². The van der Waals surface area contributed by atoms with Crippen molar-refractivity contribution in [1.82, 2.24) is 5.32 Å². The molecule has 1 aromatic carbocycles. The van der Waals surface area contributed by atoms with Crippen LogP contribution >= 0.6 is 0 Å². The topological polar surface area (TPSA) is 12.0 Å². The second kappa shape index (κ2) is 5.90. The van der Waals surface area contributed by atoms with Gasteiger partial charge in [0.1, 0.15) is 5.82 Å². The molecule has 108 valence electrons. The molecule has 19 heavy (non-hydrogen) atoms. The van der Waals surface area contributed by atoms with Crippen molar-refractivity contribution in [3.63, 3.8) is 0 Å². The van der Waals surface area contributed by atoms with Gasteiger partial charge in [-0.1, -0.05) is 19.4 Å². The van der Waals surface area contributed by atoms with Gasteiger partial charge in [-0.3, -0.25) is 0 Å². The lowest BCUT2D eigenvalue weighted by atomic mass is 9.98. The highest BCUT2D eigenvalue weighted by Gasteiger charge is 2.34. The molecule has 0 heterocycles. The van der Waals surface area contributed by atoms with Crippen LogP contribution in [0.15, 0.2) is 18.2 Å². The van der Waals surface area contributed by atoms with Crippen molar-refractivity contribution >= 4 is 0 Å². The Morgan fingerprint density at radius 3 is 2.32 bits per heavy atom. The molecule has 0 fully saturated rings. The maximum absolute atomic E-state index is 13.1. The molecule has 0 aliphatic heterocycles. The van der Waals surface area contributed by atoms with E-state index in [1.165, 1.54) is 6.07 Å².